The number of rotatable bonds is 2. The number of ether oxygens (including phenoxy) is 1. The molecule has 0 spiro atoms. The number of hydrogen-bond acceptors (Lipinski definition) is 3. The van der Waals surface area contributed by atoms with Gasteiger partial charge < -0.3 is 10.5 Å². The van der Waals surface area contributed by atoms with E-state index in [4.69, 9.17) is 22.1 Å². The Labute approximate surface area is 70.1 Å². The number of nitrogen functional groups attached to an aromatic ring is 1. The summed E-state index contributed by atoms with van der Waals surface area (Å²) in [4.78, 5) is 3.78. The number of hydrogen-bond donors (Lipinski definition) is 1. The van der Waals surface area contributed by atoms with Gasteiger partial charge in [0.05, 0.1) is 18.5 Å². The molecule has 0 aliphatic rings. The third kappa shape index (κ3) is 1.98. The lowest BCUT2D eigenvalue weighted by molar-refractivity contribution is 0.342. The summed E-state index contributed by atoms with van der Waals surface area (Å²) in [6, 6.07) is 1.60. The highest BCUT2D eigenvalue weighted by Gasteiger charge is 1.99. The van der Waals surface area contributed by atoms with Crippen LogP contribution in [-0.4, -0.2) is 11.6 Å². The minimum absolute atomic E-state index is 0.391. The summed E-state index contributed by atoms with van der Waals surface area (Å²) < 4.78 is 5.17. The molecule has 0 atom stereocenters. The number of pyridine rings is 1. The maximum absolute atomic E-state index is 5.61. The van der Waals surface area contributed by atoms with Crippen molar-refractivity contribution < 1.29 is 4.74 Å². The molecule has 0 radical (unpaired) electrons. The van der Waals surface area contributed by atoms with Gasteiger partial charge in [-0.15, -0.1) is 0 Å². The van der Waals surface area contributed by atoms with Gasteiger partial charge in [0.25, 0.3) is 0 Å². The van der Waals surface area contributed by atoms with E-state index in [-0.39, 0.29) is 0 Å². The number of anilines is 1. The molecular formula is C7H9ClN2O. The SMILES string of the molecule is CCOc1cc(Cl)ncc1N. The van der Waals surface area contributed by atoms with Crippen molar-refractivity contribution in [3.63, 3.8) is 0 Å². The van der Waals surface area contributed by atoms with Gasteiger partial charge in [-0.2, -0.15) is 0 Å². The van der Waals surface area contributed by atoms with E-state index in [1.165, 1.54) is 6.20 Å². The van der Waals surface area contributed by atoms with Crippen LogP contribution >= 0.6 is 11.6 Å². The third-order valence-corrected chi connectivity index (χ3v) is 1.37. The first-order valence-electron chi connectivity index (χ1n) is 3.28. The predicted molar refractivity (Wildman–Crippen MR) is 44.8 cm³/mol. The standard InChI is InChI=1S/C7H9ClN2O/c1-2-11-6-3-7(8)10-4-5(6)9/h3-4H,2,9H2,1H3. The van der Waals surface area contributed by atoms with E-state index in [1.54, 1.807) is 6.07 Å². The van der Waals surface area contributed by atoms with E-state index in [0.717, 1.165) is 0 Å². The predicted octanol–water partition coefficient (Wildman–Crippen LogP) is 1.72. The molecule has 60 valence electrons. The molecule has 0 aliphatic heterocycles. The molecule has 2 N–H and O–H groups in total. The number of nitrogens with zero attached hydrogens (tertiary/aromatic N) is 1. The van der Waals surface area contributed by atoms with Crippen LogP contribution in [0.3, 0.4) is 0 Å². The molecule has 4 heteroatoms. The molecule has 0 fully saturated rings. The zero-order valence-corrected chi connectivity index (χ0v) is 6.93. The molecule has 0 aliphatic carbocycles. The van der Waals surface area contributed by atoms with Gasteiger partial charge in [-0.3, -0.25) is 0 Å². The van der Waals surface area contributed by atoms with E-state index in [2.05, 4.69) is 4.98 Å². The molecule has 0 unspecified atom stereocenters. The van der Waals surface area contributed by atoms with Crippen molar-refractivity contribution in [1.82, 2.24) is 4.98 Å². The van der Waals surface area contributed by atoms with Crippen LogP contribution < -0.4 is 10.5 Å². The Hall–Kier alpha value is -0.960. The van der Waals surface area contributed by atoms with Crippen molar-refractivity contribution in [2.45, 2.75) is 6.92 Å². The van der Waals surface area contributed by atoms with E-state index in [1.807, 2.05) is 6.92 Å². The Balaban J connectivity index is 2.93. The average molecular weight is 173 g/mol. The van der Waals surface area contributed by atoms with Gasteiger partial charge in [0.15, 0.2) is 0 Å². The molecule has 1 heterocycles. The molecule has 1 aromatic heterocycles. The Kier molecular flexibility index (Phi) is 2.54. The van der Waals surface area contributed by atoms with Crippen LogP contribution in [0.2, 0.25) is 5.15 Å². The summed E-state index contributed by atoms with van der Waals surface area (Å²) in [5.41, 5.74) is 6.04. The minimum Gasteiger partial charge on any atom is -0.492 e. The highest BCUT2D eigenvalue weighted by atomic mass is 35.5. The first-order valence-corrected chi connectivity index (χ1v) is 3.65. The van der Waals surface area contributed by atoms with Crippen LogP contribution in [0.25, 0.3) is 0 Å². The van der Waals surface area contributed by atoms with E-state index >= 15 is 0 Å². The molecule has 0 saturated carbocycles. The van der Waals surface area contributed by atoms with Gasteiger partial charge in [0.1, 0.15) is 10.9 Å². The summed E-state index contributed by atoms with van der Waals surface area (Å²) in [6.45, 7) is 2.46. The molecule has 0 saturated heterocycles. The van der Waals surface area contributed by atoms with Crippen LogP contribution in [0.4, 0.5) is 5.69 Å². The molecule has 0 bridgehead atoms. The van der Waals surface area contributed by atoms with Gasteiger partial charge in [0.2, 0.25) is 0 Å². The van der Waals surface area contributed by atoms with Gasteiger partial charge in [-0.05, 0) is 6.92 Å². The molecule has 1 rings (SSSR count). The smallest absolute Gasteiger partial charge is 0.146 e. The van der Waals surface area contributed by atoms with Gasteiger partial charge in [0, 0.05) is 6.07 Å². The summed E-state index contributed by atoms with van der Waals surface area (Å²) in [7, 11) is 0. The Bertz CT molecular complexity index is 252. The van der Waals surface area contributed by atoms with Crippen LogP contribution in [0.5, 0.6) is 5.75 Å². The van der Waals surface area contributed by atoms with Crippen LogP contribution in [0.15, 0.2) is 12.3 Å². The normalized spacial score (nSPS) is 9.64. The number of aromatic nitrogens is 1. The first-order chi connectivity index (χ1) is 5.24. The monoisotopic (exact) mass is 172 g/mol. The van der Waals surface area contributed by atoms with E-state index in [9.17, 15) is 0 Å². The van der Waals surface area contributed by atoms with Gasteiger partial charge in [-0.25, -0.2) is 4.98 Å². The van der Waals surface area contributed by atoms with E-state index < -0.39 is 0 Å². The Morgan fingerprint density at radius 1 is 1.73 bits per heavy atom. The fourth-order valence-electron chi connectivity index (χ4n) is 0.704. The summed E-state index contributed by atoms with van der Waals surface area (Å²) in [5.74, 6) is 0.590. The fraction of sp³-hybridized carbons (Fsp3) is 0.286. The van der Waals surface area contributed by atoms with Crippen molar-refractivity contribution in [3.05, 3.63) is 17.4 Å². The highest BCUT2D eigenvalue weighted by Crippen LogP contribution is 2.22. The van der Waals surface area contributed by atoms with Crippen molar-refractivity contribution in [3.8, 4) is 5.75 Å². The summed E-state index contributed by atoms with van der Waals surface area (Å²) in [5, 5.41) is 0.391. The summed E-state index contributed by atoms with van der Waals surface area (Å²) >= 11 is 5.61. The molecule has 0 amide bonds. The van der Waals surface area contributed by atoms with Crippen molar-refractivity contribution in [1.29, 1.82) is 0 Å². The first kappa shape index (κ1) is 8.14. The highest BCUT2D eigenvalue weighted by molar-refractivity contribution is 6.29. The Morgan fingerprint density at radius 3 is 3.09 bits per heavy atom. The zero-order chi connectivity index (χ0) is 8.27. The second kappa shape index (κ2) is 3.44. The Morgan fingerprint density at radius 2 is 2.45 bits per heavy atom. The van der Waals surface area contributed by atoms with Crippen LogP contribution in [-0.2, 0) is 0 Å². The quantitative estimate of drug-likeness (QED) is 0.691. The summed E-state index contributed by atoms with van der Waals surface area (Å²) in [6.07, 6.45) is 1.48. The lowest BCUT2D eigenvalue weighted by Gasteiger charge is -2.04. The number of nitrogens with two attached hydrogens (primary N) is 1. The molecule has 1 aromatic rings. The third-order valence-electron chi connectivity index (χ3n) is 1.16. The zero-order valence-electron chi connectivity index (χ0n) is 6.17. The van der Waals surface area contributed by atoms with E-state index in [0.29, 0.717) is 23.2 Å². The fourth-order valence-corrected chi connectivity index (χ4v) is 0.852. The molecular weight excluding hydrogens is 164 g/mol. The lowest BCUT2D eigenvalue weighted by Crippen LogP contribution is -1.97. The largest absolute Gasteiger partial charge is 0.492 e. The van der Waals surface area contributed by atoms with Crippen LogP contribution in [0, 0.1) is 0 Å². The second-order valence-corrected chi connectivity index (χ2v) is 2.37. The second-order valence-electron chi connectivity index (χ2n) is 1.98. The van der Waals surface area contributed by atoms with Crippen molar-refractivity contribution in [2.75, 3.05) is 12.3 Å². The van der Waals surface area contributed by atoms with Gasteiger partial charge >= 0.3 is 0 Å². The lowest BCUT2D eigenvalue weighted by atomic mass is 10.4. The maximum Gasteiger partial charge on any atom is 0.146 e. The molecule has 3 nitrogen and oxygen atoms in total. The maximum atomic E-state index is 5.61. The number of halogens is 1. The molecule has 11 heavy (non-hydrogen) atoms. The minimum atomic E-state index is 0.391. The van der Waals surface area contributed by atoms with Crippen molar-refractivity contribution in [2.24, 2.45) is 0 Å². The van der Waals surface area contributed by atoms with Crippen LogP contribution in [0.1, 0.15) is 6.92 Å². The van der Waals surface area contributed by atoms with Gasteiger partial charge in [-0.1, -0.05) is 11.6 Å². The topological polar surface area (TPSA) is 48.1 Å². The molecule has 0 aromatic carbocycles. The van der Waals surface area contributed by atoms with Crippen molar-refractivity contribution >= 4 is 17.3 Å². The average Bonchev–Trinajstić information content (AvgIpc) is 1.98.